The van der Waals surface area contributed by atoms with Crippen molar-refractivity contribution in [3.05, 3.63) is 12.2 Å². The number of imide groups is 1. The largest absolute Gasteiger partial charge is 0.480 e. The van der Waals surface area contributed by atoms with E-state index >= 15 is 0 Å². The number of carbonyl (C=O) groups is 7. The molecule has 5 atom stereocenters. The number of amides is 6. The zero-order valence-electron chi connectivity index (χ0n) is 25.9. The summed E-state index contributed by atoms with van der Waals surface area (Å²) in [5.74, 6) is -4.04. The molecule has 0 aromatic heterocycles. The summed E-state index contributed by atoms with van der Waals surface area (Å²) in [4.78, 5) is 86.4. The molecule has 0 aromatic carbocycles. The topological polar surface area (TPSA) is 217 Å². The summed E-state index contributed by atoms with van der Waals surface area (Å²) in [5, 5.41) is 20.1. The van der Waals surface area contributed by atoms with E-state index in [-0.39, 0.29) is 60.9 Å². The van der Waals surface area contributed by atoms with E-state index in [1.54, 1.807) is 13.8 Å². The first-order valence-electron chi connectivity index (χ1n) is 15.5. The molecule has 2 aliphatic rings. The van der Waals surface area contributed by atoms with Crippen LogP contribution in [-0.4, -0.2) is 88.7 Å². The molecule has 14 nitrogen and oxygen atoms in total. The molecule has 0 unspecified atom stereocenters. The number of carbonyl (C=O) groups excluding carboxylic acids is 6. The Labute approximate surface area is 258 Å². The van der Waals surface area contributed by atoms with Crippen LogP contribution in [0.15, 0.2) is 12.2 Å². The number of nitrogens with one attached hydrogen (secondary N) is 4. The summed E-state index contributed by atoms with van der Waals surface area (Å²) in [6, 6.07) is -3.26. The number of aliphatic carboxylic acids is 1. The van der Waals surface area contributed by atoms with E-state index in [2.05, 4.69) is 21.3 Å². The second-order valence-electron chi connectivity index (χ2n) is 11.9. The molecule has 7 N–H and O–H groups in total. The van der Waals surface area contributed by atoms with Crippen LogP contribution in [0.4, 0.5) is 0 Å². The molecule has 1 aliphatic carbocycles. The Morgan fingerprint density at radius 2 is 1.59 bits per heavy atom. The van der Waals surface area contributed by atoms with Crippen LogP contribution in [-0.2, 0) is 33.6 Å². The lowest BCUT2D eigenvalue weighted by molar-refractivity contribution is -0.142. The van der Waals surface area contributed by atoms with Crippen LogP contribution in [0.1, 0.15) is 85.0 Å². The molecular formula is C30H48N6O8. The van der Waals surface area contributed by atoms with E-state index in [9.17, 15) is 38.7 Å². The summed E-state index contributed by atoms with van der Waals surface area (Å²) in [6.07, 6.45) is 7.90. The summed E-state index contributed by atoms with van der Waals surface area (Å²) in [7, 11) is 0. The highest BCUT2D eigenvalue weighted by molar-refractivity contribution is 6.12. The molecule has 246 valence electrons. The molecule has 0 radical (unpaired) electrons. The van der Waals surface area contributed by atoms with Crippen molar-refractivity contribution >= 4 is 41.4 Å². The number of hydrogen-bond acceptors (Lipinski definition) is 8. The number of nitrogens with two attached hydrogens (primary N) is 1. The molecule has 0 spiro atoms. The predicted molar refractivity (Wildman–Crippen MR) is 160 cm³/mol. The Kier molecular flexibility index (Phi) is 15.0. The Bertz CT molecular complexity index is 1080. The molecule has 1 aliphatic heterocycles. The third kappa shape index (κ3) is 11.7. The van der Waals surface area contributed by atoms with Gasteiger partial charge < -0.3 is 32.1 Å². The highest BCUT2D eigenvalue weighted by Gasteiger charge is 2.31. The normalized spacial score (nSPS) is 19.9. The van der Waals surface area contributed by atoms with Gasteiger partial charge in [-0.25, -0.2) is 4.79 Å². The average molecular weight is 621 g/mol. The van der Waals surface area contributed by atoms with Gasteiger partial charge in [-0.3, -0.25) is 33.7 Å². The maximum atomic E-state index is 12.9. The van der Waals surface area contributed by atoms with E-state index in [0.717, 1.165) is 24.2 Å². The third-order valence-corrected chi connectivity index (χ3v) is 7.94. The van der Waals surface area contributed by atoms with Crippen molar-refractivity contribution in [3.63, 3.8) is 0 Å². The minimum atomic E-state index is -1.21. The fourth-order valence-electron chi connectivity index (χ4n) is 5.22. The lowest BCUT2D eigenvalue weighted by Gasteiger charge is -2.24. The fourth-order valence-corrected chi connectivity index (χ4v) is 5.22. The summed E-state index contributed by atoms with van der Waals surface area (Å²) < 4.78 is 0. The number of rotatable bonds is 19. The standard InChI is InChI=1S/C30H48N6O8/c1-18(2)26(35-23(37)13-5-4-8-17-36-24(38)14-15-25(36)39)29(42)33-19(3)27(40)34-22(30(43)44)12-6-7-16-32-28(41)20-10-9-11-21(20)31/h14-15,18-22,26H,4-13,16-17,31H2,1-3H3,(H,32,41)(H,33,42)(H,34,40)(H,35,37)(H,43,44)/t19-,20-,21+,22-,26-/m0/s1. The maximum absolute atomic E-state index is 12.9. The number of carboxylic acids is 1. The SMILES string of the molecule is CC(C)[C@H](NC(=O)CCCCCN1C(=O)C=CC1=O)C(=O)N[C@@H](C)C(=O)N[C@@H](CCCCNC(=O)[C@H]1CCC[C@H]1N)C(=O)O. The van der Waals surface area contributed by atoms with Crippen LogP contribution < -0.4 is 27.0 Å². The third-order valence-electron chi connectivity index (χ3n) is 7.94. The Morgan fingerprint density at radius 3 is 2.18 bits per heavy atom. The smallest absolute Gasteiger partial charge is 0.326 e. The van der Waals surface area contributed by atoms with Gasteiger partial charge in [0.1, 0.15) is 18.1 Å². The molecule has 0 saturated heterocycles. The van der Waals surface area contributed by atoms with Crippen LogP contribution in [0.5, 0.6) is 0 Å². The Morgan fingerprint density at radius 1 is 0.909 bits per heavy atom. The van der Waals surface area contributed by atoms with Gasteiger partial charge in [0.15, 0.2) is 0 Å². The Balaban J connectivity index is 1.71. The molecule has 1 fully saturated rings. The first kappa shape index (κ1) is 36.4. The summed E-state index contributed by atoms with van der Waals surface area (Å²) in [6.45, 7) is 5.59. The minimum Gasteiger partial charge on any atom is -0.480 e. The van der Waals surface area contributed by atoms with Crippen LogP contribution in [0.25, 0.3) is 0 Å². The molecule has 1 heterocycles. The molecule has 6 amide bonds. The van der Waals surface area contributed by atoms with Crippen molar-refractivity contribution in [1.29, 1.82) is 0 Å². The number of carboxylic acid groups (broad SMARTS) is 1. The van der Waals surface area contributed by atoms with Crippen molar-refractivity contribution in [2.45, 2.75) is 109 Å². The zero-order chi connectivity index (χ0) is 32.8. The van der Waals surface area contributed by atoms with E-state index in [1.807, 2.05) is 0 Å². The quantitative estimate of drug-likeness (QED) is 0.0851. The fraction of sp³-hybridized carbons (Fsp3) is 0.700. The lowest BCUT2D eigenvalue weighted by atomic mass is 10.0. The van der Waals surface area contributed by atoms with E-state index in [0.29, 0.717) is 38.6 Å². The highest BCUT2D eigenvalue weighted by atomic mass is 16.4. The van der Waals surface area contributed by atoms with Crippen LogP contribution in [0.2, 0.25) is 0 Å². The van der Waals surface area contributed by atoms with E-state index in [1.165, 1.54) is 19.1 Å². The number of nitrogens with zero attached hydrogens (tertiary/aromatic N) is 1. The second-order valence-corrected chi connectivity index (χ2v) is 11.9. The van der Waals surface area contributed by atoms with E-state index < -0.39 is 35.9 Å². The van der Waals surface area contributed by atoms with E-state index in [4.69, 9.17) is 5.73 Å². The van der Waals surface area contributed by atoms with Crippen molar-refractivity contribution in [2.24, 2.45) is 17.6 Å². The Hall–Kier alpha value is -3.81. The van der Waals surface area contributed by atoms with Crippen molar-refractivity contribution in [3.8, 4) is 0 Å². The molecule has 14 heteroatoms. The van der Waals surface area contributed by atoms with Crippen molar-refractivity contribution in [2.75, 3.05) is 13.1 Å². The molecule has 2 rings (SSSR count). The minimum absolute atomic E-state index is 0.0816. The van der Waals surface area contributed by atoms with Gasteiger partial charge in [-0.1, -0.05) is 26.7 Å². The van der Waals surface area contributed by atoms with Crippen molar-refractivity contribution in [1.82, 2.24) is 26.2 Å². The second kappa shape index (κ2) is 18.1. The number of hydrogen-bond donors (Lipinski definition) is 6. The van der Waals surface area contributed by atoms with Gasteiger partial charge in [0, 0.05) is 37.7 Å². The summed E-state index contributed by atoms with van der Waals surface area (Å²) in [5.41, 5.74) is 5.96. The van der Waals surface area contributed by atoms with Crippen molar-refractivity contribution < 1.29 is 38.7 Å². The van der Waals surface area contributed by atoms with Gasteiger partial charge in [0.25, 0.3) is 11.8 Å². The van der Waals surface area contributed by atoms with Gasteiger partial charge in [-0.15, -0.1) is 0 Å². The van der Waals surface area contributed by atoms with Gasteiger partial charge >= 0.3 is 5.97 Å². The first-order chi connectivity index (χ1) is 20.8. The monoisotopic (exact) mass is 620 g/mol. The maximum Gasteiger partial charge on any atom is 0.326 e. The summed E-state index contributed by atoms with van der Waals surface area (Å²) >= 11 is 0. The molecule has 0 aromatic rings. The van der Waals surface area contributed by atoms with Crippen LogP contribution in [0.3, 0.4) is 0 Å². The number of unbranched alkanes of at least 4 members (excludes halogenated alkanes) is 3. The molecule has 1 saturated carbocycles. The zero-order valence-corrected chi connectivity index (χ0v) is 25.9. The first-order valence-corrected chi connectivity index (χ1v) is 15.5. The molecular weight excluding hydrogens is 572 g/mol. The predicted octanol–water partition coefficient (Wildman–Crippen LogP) is 0.101. The van der Waals surface area contributed by atoms with Gasteiger partial charge in [0.05, 0.1) is 5.92 Å². The van der Waals surface area contributed by atoms with Gasteiger partial charge in [0.2, 0.25) is 23.6 Å². The van der Waals surface area contributed by atoms with Crippen LogP contribution in [0, 0.1) is 11.8 Å². The molecule has 44 heavy (non-hydrogen) atoms. The van der Waals surface area contributed by atoms with Gasteiger partial charge in [-0.2, -0.15) is 0 Å². The van der Waals surface area contributed by atoms with Crippen LogP contribution >= 0.6 is 0 Å². The average Bonchev–Trinajstić information content (AvgIpc) is 3.53. The lowest BCUT2D eigenvalue weighted by Crippen LogP contribution is -2.56. The molecule has 0 bridgehead atoms. The van der Waals surface area contributed by atoms with Gasteiger partial charge in [-0.05, 0) is 57.8 Å². The highest BCUT2D eigenvalue weighted by Crippen LogP contribution is 2.23.